The van der Waals surface area contributed by atoms with E-state index in [0.717, 1.165) is 16.8 Å². The Morgan fingerprint density at radius 1 is 0.840 bits per heavy atom. The van der Waals surface area contributed by atoms with Gasteiger partial charge in [-0.25, -0.2) is 0 Å². The van der Waals surface area contributed by atoms with Crippen LogP contribution in [0.4, 0.5) is 5.69 Å². The van der Waals surface area contributed by atoms with Crippen molar-refractivity contribution in [3.63, 3.8) is 0 Å². The SMILES string of the molecule is COc1cccc(OCC(=O)Nc2ccc(-c3ccccc3)cc2)c1. The Kier molecular flexibility index (Phi) is 5.32. The maximum Gasteiger partial charge on any atom is 0.262 e. The lowest BCUT2D eigenvalue weighted by molar-refractivity contribution is -0.118. The molecule has 0 aromatic heterocycles. The van der Waals surface area contributed by atoms with Gasteiger partial charge in [-0.05, 0) is 35.4 Å². The molecule has 0 radical (unpaired) electrons. The maximum atomic E-state index is 12.0. The number of anilines is 1. The van der Waals surface area contributed by atoms with Gasteiger partial charge in [0, 0.05) is 11.8 Å². The Morgan fingerprint density at radius 2 is 1.52 bits per heavy atom. The molecule has 0 heterocycles. The highest BCUT2D eigenvalue weighted by molar-refractivity contribution is 5.92. The van der Waals surface area contributed by atoms with Crippen molar-refractivity contribution in [3.8, 4) is 22.6 Å². The smallest absolute Gasteiger partial charge is 0.262 e. The van der Waals surface area contributed by atoms with E-state index >= 15 is 0 Å². The first kappa shape index (κ1) is 16.6. The number of hydrogen-bond acceptors (Lipinski definition) is 3. The summed E-state index contributed by atoms with van der Waals surface area (Å²) in [7, 11) is 1.59. The van der Waals surface area contributed by atoms with E-state index in [9.17, 15) is 4.79 Å². The van der Waals surface area contributed by atoms with Crippen LogP contribution in [0.15, 0.2) is 78.9 Å². The largest absolute Gasteiger partial charge is 0.497 e. The van der Waals surface area contributed by atoms with Crippen LogP contribution in [0.25, 0.3) is 11.1 Å². The first-order valence-corrected chi connectivity index (χ1v) is 7.97. The molecule has 126 valence electrons. The van der Waals surface area contributed by atoms with Gasteiger partial charge >= 0.3 is 0 Å². The van der Waals surface area contributed by atoms with Gasteiger partial charge in [0.25, 0.3) is 5.91 Å². The molecule has 0 aliphatic heterocycles. The van der Waals surface area contributed by atoms with E-state index in [1.165, 1.54) is 0 Å². The second-order valence-corrected chi connectivity index (χ2v) is 5.46. The molecule has 4 heteroatoms. The van der Waals surface area contributed by atoms with Crippen molar-refractivity contribution in [2.75, 3.05) is 19.0 Å². The Labute approximate surface area is 147 Å². The number of carbonyl (C=O) groups excluding carboxylic acids is 1. The van der Waals surface area contributed by atoms with Crippen molar-refractivity contribution >= 4 is 11.6 Å². The normalized spacial score (nSPS) is 10.1. The molecule has 1 amide bonds. The summed E-state index contributed by atoms with van der Waals surface area (Å²) in [5.74, 6) is 1.07. The predicted octanol–water partition coefficient (Wildman–Crippen LogP) is 4.38. The second kappa shape index (κ2) is 8.02. The van der Waals surface area contributed by atoms with E-state index in [4.69, 9.17) is 9.47 Å². The highest BCUT2D eigenvalue weighted by atomic mass is 16.5. The molecule has 0 spiro atoms. The molecule has 4 nitrogen and oxygen atoms in total. The van der Waals surface area contributed by atoms with Crippen molar-refractivity contribution in [1.29, 1.82) is 0 Å². The van der Waals surface area contributed by atoms with E-state index in [0.29, 0.717) is 11.5 Å². The fourth-order valence-corrected chi connectivity index (χ4v) is 2.41. The van der Waals surface area contributed by atoms with Gasteiger partial charge < -0.3 is 14.8 Å². The molecular formula is C21H19NO3. The minimum Gasteiger partial charge on any atom is -0.497 e. The minimum atomic E-state index is -0.213. The summed E-state index contributed by atoms with van der Waals surface area (Å²) in [5, 5.41) is 2.82. The van der Waals surface area contributed by atoms with Gasteiger partial charge in [-0.15, -0.1) is 0 Å². The highest BCUT2D eigenvalue weighted by Crippen LogP contribution is 2.21. The van der Waals surface area contributed by atoms with Gasteiger partial charge in [-0.1, -0.05) is 48.5 Å². The van der Waals surface area contributed by atoms with Crippen LogP contribution in [0.3, 0.4) is 0 Å². The topological polar surface area (TPSA) is 47.6 Å². The van der Waals surface area contributed by atoms with Crippen LogP contribution in [0, 0.1) is 0 Å². The number of hydrogen-bond donors (Lipinski definition) is 1. The van der Waals surface area contributed by atoms with E-state index in [1.807, 2.05) is 54.6 Å². The summed E-state index contributed by atoms with van der Waals surface area (Å²) in [6.07, 6.45) is 0. The number of ether oxygens (including phenoxy) is 2. The molecule has 0 atom stereocenters. The monoisotopic (exact) mass is 333 g/mol. The van der Waals surface area contributed by atoms with Crippen LogP contribution < -0.4 is 14.8 Å². The lowest BCUT2D eigenvalue weighted by atomic mass is 10.1. The Bertz CT molecular complexity index is 829. The Hall–Kier alpha value is -3.27. The summed E-state index contributed by atoms with van der Waals surface area (Å²) < 4.78 is 10.6. The summed E-state index contributed by atoms with van der Waals surface area (Å²) >= 11 is 0. The molecular weight excluding hydrogens is 314 g/mol. The first-order valence-electron chi connectivity index (χ1n) is 7.97. The maximum absolute atomic E-state index is 12.0. The van der Waals surface area contributed by atoms with Crippen molar-refractivity contribution in [2.24, 2.45) is 0 Å². The standard InChI is InChI=1S/C21H19NO3/c1-24-19-8-5-9-20(14-19)25-15-21(23)22-18-12-10-17(11-13-18)16-6-3-2-4-7-16/h2-14H,15H2,1H3,(H,22,23). The molecule has 0 fully saturated rings. The van der Waals surface area contributed by atoms with Gasteiger partial charge in [0.2, 0.25) is 0 Å². The molecule has 1 N–H and O–H groups in total. The van der Waals surface area contributed by atoms with E-state index < -0.39 is 0 Å². The summed E-state index contributed by atoms with van der Waals surface area (Å²) in [4.78, 5) is 12.0. The van der Waals surface area contributed by atoms with Crippen molar-refractivity contribution < 1.29 is 14.3 Å². The zero-order valence-electron chi connectivity index (χ0n) is 13.9. The van der Waals surface area contributed by atoms with Gasteiger partial charge in [0.15, 0.2) is 6.61 Å². The van der Waals surface area contributed by atoms with Crippen molar-refractivity contribution in [1.82, 2.24) is 0 Å². The number of carbonyl (C=O) groups is 1. The van der Waals surface area contributed by atoms with Crippen LogP contribution in [-0.2, 0) is 4.79 Å². The highest BCUT2D eigenvalue weighted by Gasteiger charge is 2.05. The molecule has 0 saturated heterocycles. The van der Waals surface area contributed by atoms with Gasteiger partial charge in [-0.3, -0.25) is 4.79 Å². The fraction of sp³-hybridized carbons (Fsp3) is 0.0952. The average molecular weight is 333 g/mol. The van der Waals surface area contributed by atoms with Gasteiger partial charge in [0.05, 0.1) is 7.11 Å². The summed E-state index contributed by atoms with van der Waals surface area (Å²) in [5.41, 5.74) is 2.98. The number of benzene rings is 3. The fourth-order valence-electron chi connectivity index (χ4n) is 2.41. The molecule has 3 rings (SSSR count). The second-order valence-electron chi connectivity index (χ2n) is 5.46. The summed E-state index contributed by atoms with van der Waals surface area (Å²) in [6, 6.07) is 25.0. The number of rotatable bonds is 6. The van der Waals surface area contributed by atoms with Crippen LogP contribution in [0.2, 0.25) is 0 Å². The zero-order chi connectivity index (χ0) is 17.5. The van der Waals surface area contributed by atoms with Crippen LogP contribution in [0.5, 0.6) is 11.5 Å². The molecule has 3 aromatic rings. The molecule has 3 aromatic carbocycles. The molecule has 0 saturated carbocycles. The predicted molar refractivity (Wildman–Crippen MR) is 99.0 cm³/mol. The van der Waals surface area contributed by atoms with Gasteiger partial charge in [0.1, 0.15) is 11.5 Å². The quantitative estimate of drug-likeness (QED) is 0.728. The lowest BCUT2D eigenvalue weighted by Crippen LogP contribution is -2.20. The van der Waals surface area contributed by atoms with Crippen LogP contribution in [-0.4, -0.2) is 19.6 Å². The first-order chi connectivity index (χ1) is 12.2. The Balaban J connectivity index is 1.56. The Morgan fingerprint density at radius 3 is 2.24 bits per heavy atom. The minimum absolute atomic E-state index is 0.0619. The number of amides is 1. The number of methoxy groups -OCH3 is 1. The van der Waals surface area contributed by atoms with Crippen LogP contribution in [0.1, 0.15) is 0 Å². The molecule has 0 aliphatic rings. The van der Waals surface area contributed by atoms with Crippen molar-refractivity contribution in [2.45, 2.75) is 0 Å². The van der Waals surface area contributed by atoms with Gasteiger partial charge in [-0.2, -0.15) is 0 Å². The third-order valence-corrected chi connectivity index (χ3v) is 3.69. The third-order valence-electron chi connectivity index (χ3n) is 3.69. The zero-order valence-corrected chi connectivity index (χ0v) is 13.9. The van der Waals surface area contributed by atoms with Crippen LogP contribution >= 0.6 is 0 Å². The molecule has 25 heavy (non-hydrogen) atoms. The lowest BCUT2D eigenvalue weighted by Gasteiger charge is -2.09. The van der Waals surface area contributed by atoms with E-state index in [1.54, 1.807) is 19.2 Å². The molecule has 0 aliphatic carbocycles. The van der Waals surface area contributed by atoms with E-state index in [-0.39, 0.29) is 12.5 Å². The van der Waals surface area contributed by atoms with E-state index in [2.05, 4.69) is 17.4 Å². The average Bonchev–Trinajstić information content (AvgIpc) is 2.68. The third kappa shape index (κ3) is 4.61. The summed E-state index contributed by atoms with van der Waals surface area (Å²) in [6.45, 7) is -0.0619. The molecule has 0 unspecified atom stereocenters. The molecule has 0 bridgehead atoms. The van der Waals surface area contributed by atoms with Crippen molar-refractivity contribution in [3.05, 3.63) is 78.9 Å². The number of nitrogens with one attached hydrogen (secondary N) is 1.